The number of alkyl halides is 3. The molecule has 222 valence electrons. The van der Waals surface area contributed by atoms with E-state index in [9.17, 15) is 32.7 Å². The molecule has 2 fully saturated rings. The molecule has 2 saturated heterocycles. The first-order chi connectivity index (χ1) is 20.4. The molecule has 0 radical (unpaired) electrons. The van der Waals surface area contributed by atoms with E-state index in [-0.39, 0.29) is 35.5 Å². The molecule has 2 bridgehead atoms. The molecule has 2 aliphatic rings. The minimum Gasteiger partial charge on any atom is -0.465 e. The summed E-state index contributed by atoms with van der Waals surface area (Å²) in [5, 5.41) is 19.1. The van der Waals surface area contributed by atoms with Gasteiger partial charge in [0.1, 0.15) is 17.2 Å². The quantitative estimate of drug-likeness (QED) is 0.309. The van der Waals surface area contributed by atoms with Crippen molar-refractivity contribution in [2.45, 2.75) is 31.1 Å². The van der Waals surface area contributed by atoms with E-state index >= 15 is 8.78 Å². The van der Waals surface area contributed by atoms with Gasteiger partial charge in [-0.25, -0.2) is 22.9 Å². The number of hydrogen-bond acceptors (Lipinski definition) is 8. The van der Waals surface area contributed by atoms with Crippen LogP contribution in [0.4, 0.5) is 42.8 Å². The van der Waals surface area contributed by atoms with Crippen molar-refractivity contribution in [1.82, 2.24) is 19.9 Å². The largest absolute Gasteiger partial charge is 0.465 e. The van der Waals surface area contributed by atoms with Gasteiger partial charge in [0.2, 0.25) is 0 Å². The van der Waals surface area contributed by atoms with Gasteiger partial charge in [0, 0.05) is 23.9 Å². The number of nitrogen functional groups attached to an aromatic ring is 1. The lowest BCUT2D eigenvalue weighted by Gasteiger charge is -2.40. The van der Waals surface area contributed by atoms with Gasteiger partial charge in [-0.1, -0.05) is 6.07 Å². The standard InChI is InChI=1S/C27H19F6N7O3/c28-16-4-1-11-6-17(35)36-23(18(11)20(16)29)19-12(7-34)5-15-22(21(19)30)37-25(43-10-27(31,32)33)38-24(15)39-8-13-2-3-14(9-39)40(13)26(41)42/h1,4-6,13-14H,2-3,8-10H2,(H2,35,36)(H,41,42)/t13-,14+. The number of halogens is 6. The summed E-state index contributed by atoms with van der Waals surface area (Å²) < 4.78 is 89.6. The maximum Gasteiger partial charge on any atom is 0.422 e. The second kappa shape index (κ2) is 10.0. The van der Waals surface area contributed by atoms with Crippen LogP contribution in [-0.2, 0) is 0 Å². The van der Waals surface area contributed by atoms with Crippen molar-refractivity contribution >= 4 is 39.4 Å². The van der Waals surface area contributed by atoms with E-state index in [1.54, 1.807) is 4.90 Å². The summed E-state index contributed by atoms with van der Waals surface area (Å²) in [5.74, 6) is -4.24. The molecule has 2 atom stereocenters. The van der Waals surface area contributed by atoms with E-state index in [1.165, 1.54) is 17.0 Å². The van der Waals surface area contributed by atoms with E-state index in [0.717, 1.165) is 12.1 Å². The lowest BCUT2D eigenvalue weighted by Crippen LogP contribution is -2.55. The molecule has 2 aromatic carbocycles. The highest BCUT2D eigenvalue weighted by Crippen LogP contribution is 2.41. The highest BCUT2D eigenvalue weighted by atomic mass is 19.4. The third-order valence-corrected chi connectivity index (χ3v) is 7.52. The molecule has 2 aliphatic heterocycles. The number of ether oxygens (including phenoxy) is 1. The van der Waals surface area contributed by atoms with Crippen LogP contribution in [0.25, 0.3) is 32.9 Å². The summed E-state index contributed by atoms with van der Waals surface area (Å²) in [4.78, 5) is 26.6. The van der Waals surface area contributed by atoms with Crippen molar-refractivity contribution in [3.63, 3.8) is 0 Å². The Hall–Kier alpha value is -5.07. The number of carbonyl (C=O) groups is 1. The average molecular weight is 603 g/mol. The van der Waals surface area contributed by atoms with E-state index in [1.807, 2.05) is 6.07 Å². The summed E-state index contributed by atoms with van der Waals surface area (Å²) in [6.07, 6.45) is -4.87. The number of aromatic nitrogens is 3. The first-order valence-corrected chi connectivity index (χ1v) is 12.8. The summed E-state index contributed by atoms with van der Waals surface area (Å²) in [6.45, 7) is -1.65. The number of hydrogen-bond donors (Lipinski definition) is 2. The van der Waals surface area contributed by atoms with Crippen LogP contribution >= 0.6 is 0 Å². The van der Waals surface area contributed by atoms with Gasteiger partial charge in [-0.15, -0.1) is 0 Å². The number of rotatable bonds is 4. The molecule has 0 spiro atoms. The van der Waals surface area contributed by atoms with Crippen LogP contribution < -0.4 is 15.4 Å². The Balaban J connectivity index is 1.60. The summed E-state index contributed by atoms with van der Waals surface area (Å²) in [5.41, 5.74) is 3.75. The summed E-state index contributed by atoms with van der Waals surface area (Å²) >= 11 is 0. The first kappa shape index (κ1) is 28.1. The van der Waals surface area contributed by atoms with Gasteiger partial charge in [0.15, 0.2) is 24.1 Å². The average Bonchev–Trinajstić information content (AvgIpc) is 3.22. The topological polar surface area (TPSA) is 141 Å². The van der Waals surface area contributed by atoms with Gasteiger partial charge < -0.3 is 20.5 Å². The number of nitriles is 1. The van der Waals surface area contributed by atoms with Crippen molar-refractivity contribution in [2.75, 3.05) is 30.3 Å². The zero-order valence-corrected chi connectivity index (χ0v) is 21.8. The molecule has 43 heavy (non-hydrogen) atoms. The van der Waals surface area contributed by atoms with Crippen LogP contribution in [0, 0.1) is 28.8 Å². The number of nitrogens with two attached hydrogens (primary N) is 1. The molecule has 16 heteroatoms. The molecular weight excluding hydrogens is 584 g/mol. The van der Waals surface area contributed by atoms with Crippen molar-refractivity contribution in [2.24, 2.45) is 0 Å². The van der Waals surface area contributed by atoms with Crippen molar-refractivity contribution in [3.8, 4) is 23.3 Å². The Morgan fingerprint density at radius 2 is 1.79 bits per heavy atom. The Morgan fingerprint density at radius 1 is 1.09 bits per heavy atom. The highest BCUT2D eigenvalue weighted by Gasteiger charge is 2.44. The second-order valence-corrected chi connectivity index (χ2v) is 10.2. The maximum atomic E-state index is 16.5. The molecule has 10 nitrogen and oxygen atoms in total. The predicted octanol–water partition coefficient (Wildman–Crippen LogP) is 4.99. The Kier molecular flexibility index (Phi) is 6.55. The zero-order valence-electron chi connectivity index (χ0n) is 21.8. The molecule has 4 heterocycles. The van der Waals surface area contributed by atoms with E-state index in [0.29, 0.717) is 12.8 Å². The van der Waals surface area contributed by atoms with Crippen LogP contribution in [0.5, 0.6) is 6.01 Å². The second-order valence-electron chi connectivity index (χ2n) is 10.2. The molecule has 3 N–H and O–H groups in total. The zero-order chi connectivity index (χ0) is 30.8. The smallest absolute Gasteiger partial charge is 0.422 e. The molecule has 6 rings (SSSR count). The van der Waals surface area contributed by atoms with Gasteiger partial charge in [0.05, 0.1) is 35.0 Å². The van der Waals surface area contributed by atoms with Gasteiger partial charge >= 0.3 is 18.3 Å². The van der Waals surface area contributed by atoms with Gasteiger partial charge in [-0.3, -0.25) is 4.90 Å². The number of benzene rings is 2. The van der Waals surface area contributed by atoms with Crippen LogP contribution in [0.1, 0.15) is 18.4 Å². The lowest BCUT2D eigenvalue weighted by molar-refractivity contribution is -0.154. The van der Waals surface area contributed by atoms with Crippen molar-refractivity contribution < 1.29 is 41.0 Å². The normalized spacial score (nSPS) is 18.3. The number of piperazine rings is 1. The van der Waals surface area contributed by atoms with E-state index < -0.39 is 82.1 Å². The summed E-state index contributed by atoms with van der Waals surface area (Å²) in [7, 11) is 0. The fourth-order valence-corrected chi connectivity index (χ4v) is 5.83. The maximum absolute atomic E-state index is 16.5. The Morgan fingerprint density at radius 3 is 2.42 bits per heavy atom. The van der Waals surface area contributed by atoms with Crippen LogP contribution in [-0.4, -0.2) is 69.0 Å². The van der Waals surface area contributed by atoms with Gasteiger partial charge in [-0.2, -0.15) is 28.4 Å². The molecular formula is C27H19F6N7O3. The van der Waals surface area contributed by atoms with Gasteiger partial charge in [0.25, 0.3) is 0 Å². The lowest BCUT2D eigenvalue weighted by atomic mass is 9.96. The third-order valence-electron chi connectivity index (χ3n) is 7.52. The molecule has 2 aromatic heterocycles. The molecule has 4 aromatic rings. The molecule has 0 saturated carbocycles. The fourth-order valence-electron chi connectivity index (χ4n) is 5.83. The van der Waals surface area contributed by atoms with E-state index in [4.69, 9.17) is 10.5 Å². The molecule has 0 aliphatic carbocycles. The Bertz CT molecular complexity index is 1850. The number of nitrogens with zero attached hydrogens (tertiary/aromatic N) is 6. The number of anilines is 2. The highest BCUT2D eigenvalue weighted by molar-refractivity contribution is 6.02. The number of carboxylic acid groups (broad SMARTS) is 1. The predicted molar refractivity (Wildman–Crippen MR) is 140 cm³/mol. The van der Waals surface area contributed by atoms with Crippen LogP contribution in [0.15, 0.2) is 24.3 Å². The minimum atomic E-state index is -4.79. The van der Waals surface area contributed by atoms with Gasteiger partial charge in [-0.05, 0) is 36.4 Å². The summed E-state index contributed by atoms with van der Waals surface area (Å²) in [6, 6.07) is 4.44. The monoisotopic (exact) mass is 603 g/mol. The number of fused-ring (bicyclic) bond motifs is 4. The minimum absolute atomic E-state index is 0.0501. The van der Waals surface area contributed by atoms with Crippen LogP contribution in [0.3, 0.4) is 0 Å². The number of pyridine rings is 1. The molecule has 1 amide bonds. The Labute approximate surface area is 237 Å². The van der Waals surface area contributed by atoms with Crippen LogP contribution in [0.2, 0.25) is 0 Å². The molecule has 0 unspecified atom stereocenters. The fraction of sp³-hybridized carbons (Fsp3) is 0.296. The van der Waals surface area contributed by atoms with E-state index in [2.05, 4.69) is 15.0 Å². The first-order valence-electron chi connectivity index (χ1n) is 12.8. The third kappa shape index (κ3) is 4.80. The van der Waals surface area contributed by atoms with Crippen molar-refractivity contribution in [3.05, 3.63) is 47.3 Å². The SMILES string of the molecule is N#Cc1cc2c(N3C[C@H]4CC[C@@H](C3)N4C(=O)O)nc(OCC(F)(F)F)nc2c(F)c1-c1nc(N)cc2ccc(F)c(F)c12. The number of amides is 1. The van der Waals surface area contributed by atoms with Crippen molar-refractivity contribution in [1.29, 1.82) is 5.26 Å².